The number of nitrogens with one attached hydrogen (secondary N) is 2. The molecule has 0 rings (SSSR count). The Morgan fingerprint density at radius 2 is 2.00 bits per heavy atom. The van der Waals surface area contributed by atoms with Gasteiger partial charge in [0.05, 0.1) is 0 Å². The van der Waals surface area contributed by atoms with Crippen molar-refractivity contribution in [3.8, 4) is 0 Å². The average Bonchev–Trinajstić information content (AvgIpc) is 1.64. The van der Waals surface area contributed by atoms with Crippen LogP contribution in [0.5, 0.6) is 0 Å². The maximum atomic E-state index is 7.25. The molecule has 0 aliphatic carbocycles. The molecular weight excluding hydrogens is 114 g/mol. The monoisotopic (exact) mass is 129 g/mol. The summed E-state index contributed by atoms with van der Waals surface area (Å²) in [6.07, 6.45) is 0. The van der Waals surface area contributed by atoms with E-state index in [0.717, 1.165) is 0 Å². The molecule has 0 aliphatic heterocycles. The standard InChI is InChI=1S/C6H15N3/c1-5(2)9(8-4)6(3)7/h5,7-8H,1-4H3. The Balaban J connectivity index is 3.83. The summed E-state index contributed by atoms with van der Waals surface area (Å²) in [5, 5.41) is 9.04. The highest BCUT2D eigenvalue weighted by atomic mass is 15.5. The number of rotatable bonds is 2. The topological polar surface area (TPSA) is 39.1 Å². The highest BCUT2D eigenvalue weighted by Crippen LogP contribution is 1.91. The first kappa shape index (κ1) is 8.43. The summed E-state index contributed by atoms with van der Waals surface area (Å²) in [5.41, 5.74) is 2.91. The molecule has 2 N–H and O–H groups in total. The van der Waals surface area contributed by atoms with Crippen molar-refractivity contribution in [2.45, 2.75) is 26.8 Å². The Kier molecular flexibility index (Phi) is 3.24. The molecule has 0 saturated carbocycles. The van der Waals surface area contributed by atoms with Crippen molar-refractivity contribution in [1.82, 2.24) is 10.4 Å². The molecule has 0 amide bonds. The van der Waals surface area contributed by atoms with Gasteiger partial charge in [0.15, 0.2) is 0 Å². The number of amidine groups is 1. The Bertz CT molecular complexity index is 98.5. The summed E-state index contributed by atoms with van der Waals surface area (Å²) in [6.45, 7) is 5.83. The predicted octanol–water partition coefficient (Wildman–Crippen LogP) is 0.828. The van der Waals surface area contributed by atoms with Gasteiger partial charge in [-0.3, -0.25) is 10.4 Å². The largest absolute Gasteiger partial charge is 0.294 e. The second kappa shape index (κ2) is 3.45. The van der Waals surface area contributed by atoms with Crippen molar-refractivity contribution in [3.63, 3.8) is 0 Å². The number of hydrogen-bond donors (Lipinski definition) is 2. The lowest BCUT2D eigenvalue weighted by molar-refractivity contribution is 0.276. The van der Waals surface area contributed by atoms with Gasteiger partial charge in [0.1, 0.15) is 5.84 Å². The normalized spacial score (nSPS) is 9.89. The summed E-state index contributed by atoms with van der Waals surface area (Å²) in [7, 11) is 1.82. The maximum Gasteiger partial charge on any atom is 0.107 e. The zero-order chi connectivity index (χ0) is 7.44. The van der Waals surface area contributed by atoms with Gasteiger partial charge in [0, 0.05) is 13.1 Å². The van der Waals surface area contributed by atoms with Gasteiger partial charge >= 0.3 is 0 Å². The first-order valence-corrected chi connectivity index (χ1v) is 3.11. The van der Waals surface area contributed by atoms with Crippen LogP contribution in [0.4, 0.5) is 0 Å². The summed E-state index contributed by atoms with van der Waals surface area (Å²) in [5.74, 6) is 0.549. The second-order valence-electron chi connectivity index (χ2n) is 2.27. The maximum absolute atomic E-state index is 7.25. The van der Waals surface area contributed by atoms with Gasteiger partial charge in [-0.2, -0.15) is 0 Å². The zero-order valence-corrected chi connectivity index (χ0v) is 6.52. The van der Waals surface area contributed by atoms with Crippen molar-refractivity contribution >= 4 is 5.84 Å². The van der Waals surface area contributed by atoms with E-state index in [2.05, 4.69) is 5.43 Å². The van der Waals surface area contributed by atoms with E-state index in [9.17, 15) is 0 Å². The predicted molar refractivity (Wildman–Crippen MR) is 39.4 cm³/mol. The molecule has 0 aromatic carbocycles. The van der Waals surface area contributed by atoms with Crippen LogP contribution in [-0.4, -0.2) is 23.9 Å². The molecule has 0 saturated heterocycles. The molecule has 0 atom stereocenters. The molecule has 0 bridgehead atoms. The highest BCUT2D eigenvalue weighted by Gasteiger charge is 2.04. The minimum absolute atomic E-state index is 0.354. The molecule has 0 aromatic heterocycles. The van der Waals surface area contributed by atoms with Crippen molar-refractivity contribution in [3.05, 3.63) is 0 Å². The van der Waals surface area contributed by atoms with Gasteiger partial charge < -0.3 is 0 Å². The zero-order valence-electron chi connectivity index (χ0n) is 6.52. The first-order chi connectivity index (χ1) is 4.09. The van der Waals surface area contributed by atoms with Gasteiger partial charge in [-0.05, 0) is 20.8 Å². The van der Waals surface area contributed by atoms with Crippen LogP contribution < -0.4 is 5.43 Å². The average molecular weight is 129 g/mol. The Labute approximate surface area is 56.5 Å². The molecule has 0 heterocycles. The van der Waals surface area contributed by atoms with Gasteiger partial charge in [0.2, 0.25) is 0 Å². The van der Waals surface area contributed by atoms with Crippen molar-refractivity contribution in [2.24, 2.45) is 0 Å². The fraction of sp³-hybridized carbons (Fsp3) is 0.833. The Morgan fingerprint density at radius 3 is 2.00 bits per heavy atom. The SMILES string of the molecule is CNN(C(C)=N)C(C)C. The number of hydrogen-bond acceptors (Lipinski definition) is 2. The lowest BCUT2D eigenvalue weighted by atomic mass is 10.4. The molecule has 0 radical (unpaired) electrons. The molecule has 3 nitrogen and oxygen atoms in total. The van der Waals surface area contributed by atoms with Crippen LogP contribution in [0.2, 0.25) is 0 Å². The van der Waals surface area contributed by atoms with Crippen LogP contribution in [0.25, 0.3) is 0 Å². The van der Waals surface area contributed by atoms with Gasteiger partial charge in [0.25, 0.3) is 0 Å². The first-order valence-electron chi connectivity index (χ1n) is 3.11. The third kappa shape index (κ3) is 2.46. The summed E-state index contributed by atoms with van der Waals surface area (Å²) < 4.78 is 0. The lowest BCUT2D eigenvalue weighted by Gasteiger charge is -2.25. The van der Waals surface area contributed by atoms with E-state index < -0.39 is 0 Å². The number of nitrogens with zero attached hydrogens (tertiary/aromatic N) is 1. The Morgan fingerprint density at radius 1 is 1.56 bits per heavy atom. The van der Waals surface area contributed by atoms with E-state index in [-0.39, 0.29) is 0 Å². The third-order valence-electron chi connectivity index (χ3n) is 1.12. The van der Waals surface area contributed by atoms with Crippen LogP contribution in [-0.2, 0) is 0 Å². The van der Waals surface area contributed by atoms with Crippen LogP contribution in [0.3, 0.4) is 0 Å². The second-order valence-corrected chi connectivity index (χ2v) is 2.27. The smallest absolute Gasteiger partial charge is 0.107 e. The van der Waals surface area contributed by atoms with Crippen LogP contribution in [0.15, 0.2) is 0 Å². The van der Waals surface area contributed by atoms with Crippen LogP contribution >= 0.6 is 0 Å². The van der Waals surface area contributed by atoms with Crippen molar-refractivity contribution in [1.29, 1.82) is 5.41 Å². The molecule has 0 unspecified atom stereocenters. The molecular formula is C6H15N3. The van der Waals surface area contributed by atoms with E-state index >= 15 is 0 Å². The van der Waals surface area contributed by atoms with E-state index in [0.29, 0.717) is 11.9 Å². The van der Waals surface area contributed by atoms with Crippen LogP contribution in [0, 0.1) is 5.41 Å². The fourth-order valence-electron chi connectivity index (χ4n) is 0.813. The molecule has 0 aliphatic rings. The molecule has 0 aromatic rings. The molecule has 0 fully saturated rings. The molecule has 0 spiro atoms. The highest BCUT2D eigenvalue weighted by molar-refractivity contribution is 5.75. The summed E-state index contributed by atoms with van der Waals surface area (Å²) >= 11 is 0. The van der Waals surface area contributed by atoms with Crippen LogP contribution in [0.1, 0.15) is 20.8 Å². The van der Waals surface area contributed by atoms with Gasteiger partial charge in [-0.25, -0.2) is 5.43 Å². The number of hydrazine groups is 1. The summed E-state index contributed by atoms with van der Waals surface area (Å²) in [6, 6.07) is 0.354. The minimum atomic E-state index is 0.354. The Hall–Kier alpha value is -0.570. The minimum Gasteiger partial charge on any atom is -0.294 e. The molecule has 9 heavy (non-hydrogen) atoms. The fourth-order valence-corrected chi connectivity index (χ4v) is 0.813. The van der Waals surface area contributed by atoms with Crippen molar-refractivity contribution < 1.29 is 0 Å². The van der Waals surface area contributed by atoms with E-state index in [1.807, 2.05) is 20.9 Å². The van der Waals surface area contributed by atoms with Gasteiger partial charge in [-0.1, -0.05) is 0 Å². The van der Waals surface area contributed by atoms with E-state index in [1.165, 1.54) is 0 Å². The molecule has 3 heteroatoms. The summed E-state index contributed by atoms with van der Waals surface area (Å²) in [4.78, 5) is 0. The van der Waals surface area contributed by atoms with Gasteiger partial charge in [-0.15, -0.1) is 0 Å². The third-order valence-corrected chi connectivity index (χ3v) is 1.12. The molecule has 54 valence electrons. The quantitative estimate of drug-likeness (QED) is 0.329. The lowest BCUT2D eigenvalue weighted by Crippen LogP contribution is -2.43. The van der Waals surface area contributed by atoms with Crippen molar-refractivity contribution in [2.75, 3.05) is 7.05 Å². The van der Waals surface area contributed by atoms with E-state index in [4.69, 9.17) is 5.41 Å². The van der Waals surface area contributed by atoms with E-state index in [1.54, 1.807) is 11.9 Å².